The van der Waals surface area contributed by atoms with Gasteiger partial charge in [-0.25, -0.2) is 4.98 Å². The number of imidazole rings is 1. The quantitative estimate of drug-likeness (QED) is 0.748. The van der Waals surface area contributed by atoms with Crippen LogP contribution in [0.3, 0.4) is 0 Å². The molecule has 0 saturated carbocycles. The van der Waals surface area contributed by atoms with Crippen molar-refractivity contribution in [3.05, 3.63) is 48.0 Å². The van der Waals surface area contributed by atoms with Crippen LogP contribution in [0.2, 0.25) is 0 Å². The first kappa shape index (κ1) is 12.9. The Morgan fingerprint density at radius 1 is 1.30 bits per heavy atom. The molecule has 2 N–H and O–H groups in total. The number of rotatable bonds is 5. The van der Waals surface area contributed by atoms with Crippen molar-refractivity contribution in [2.75, 3.05) is 0 Å². The maximum Gasteiger partial charge on any atom is 0.126 e. The van der Waals surface area contributed by atoms with Crippen molar-refractivity contribution in [3.8, 4) is 0 Å². The third kappa shape index (κ3) is 2.32. The van der Waals surface area contributed by atoms with Crippen molar-refractivity contribution in [1.29, 1.82) is 0 Å². The van der Waals surface area contributed by atoms with Crippen LogP contribution >= 0.6 is 0 Å². The number of aromatic amines is 1. The Balaban J connectivity index is 1.85. The highest BCUT2D eigenvalue weighted by atomic mass is 15.1. The average Bonchev–Trinajstić information content (AvgIpc) is 3.11. The zero-order chi connectivity index (χ0) is 13.9. The molecule has 0 aliphatic rings. The van der Waals surface area contributed by atoms with Crippen LogP contribution < -0.4 is 5.32 Å². The fourth-order valence-electron chi connectivity index (χ4n) is 2.49. The number of aryl methyl sites for hydroxylation is 1. The van der Waals surface area contributed by atoms with E-state index in [0.717, 1.165) is 30.1 Å². The third-order valence-electron chi connectivity index (χ3n) is 3.54. The lowest BCUT2D eigenvalue weighted by Crippen LogP contribution is -2.21. The van der Waals surface area contributed by atoms with Crippen molar-refractivity contribution in [1.82, 2.24) is 25.1 Å². The summed E-state index contributed by atoms with van der Waals surface area (Å²) in [5.41, 5.74) is 3.33. The second-order valence-corrected chi connectivity index (χ2v) is 4.89. The minimum absolute atomic E-state index is 0.186. The average molecular weight is 269 g/mol. The Bertz CT molecular complexity index is 683. The molecule has 0 radical (unpaired) electrons. The van der Waals surface area contributed by atoms with E-state index in [1.54, 1.807) is 6.20 Å². The molecule has 1 aromatic carbocycles. The number of nitrogens with zero attached hydrogens (tertiary/aromatic N) is 3. The lowest BCUT2D eigenvalue weighted by Gasteiger charge is -2.14. The van der Waals surface area contributed by atoms with Crippen LogP contribution in [0.25, 0.3) is 11.0 Å². The molecule has 0 aliphatic carbocycles. The van der Waals surface area contributed by atoms with Gasteiger partial charge in [0.1, 0.15) is 5.82 Å². The van der Waals surface area contributed by atoms with E-state index < -0.39 is 0 Å². The van der Waals surface area contributed by atoms with Gasteiger partial charge in [-0.05, 0) is 32.0 Å². The van der Waals surface area contributed by atoms with Crippen LogP contribution in [0.4, 0.5) is 0 Å². The molecule has 20 heavy (non-hydrogen) atoms. The van der Waals surface area contributed by atoms with Gasteiger partial charge >= 0.3 is 0 Å². The van der Waals surface area contributed by atoms with Crippen LogP contribution in [-0.4, -0.2) is 19.7 Å². The number of H-pyrrole nitrogens is 1. The minimum Gasteiger partial charge on any atom is -0.327 e. The van der Waals surface area contributed by atoms with Crippen molar-refractivity contribution in [2.45, 2.75) is 33.0 Å². The van der Waals surface area contributed by atoms with Gasteiger partial charge in [-0.2, -0.15) is 5.10 Å². The number of aromatic nitrogens is 4. The van der Waals surface area contributed by atoms with E-state index in [1.165, 1.54) is 5.52 Å². The van der Waals surface area contributed by atoms with Crippen molar-refractivity contribution in [2.24, 2.45) is 0 Å². The molecule has 104 valence electrons. The number of nitrogens with one attached hydrogen (secondary N) is 2. The first-order valence-electron chi connectivity index (χ1n) is 6.96. The van der Waals surface area contributed by atoms with E-state index in [9.17, 15) is 0 Å². The van der Waals surface area contributed by atoms with Gasteiger partial charge < -0.3 is 9.88 Å². The summed E-state index contributed by atoms with van der Waals surface area (Å²) in [5, 5.41) is 10.4. The van der Waals surface area contributed by atoms with Crippen molar-refractivity contribution >= 4 is 11.0 Å². The molecule has 1 unspecified atom stereocenters. The first-order chi connectivity index (χ1) is 9.79. The Morgan fingerprint density at radius 2 is 2.15 bits per heavy atom. The number of fused-ring (bicyclic) bond motifs is 1. The Morgan fingerprint density at radius 3 is 2.90 bits per heavy atom. The molecule has 0 spiro atoms. The predicted octanol–water partition coefficient (Wildman–Crippen LogP) is 2.63. The number of benzene rings is 1. The highest BCUT2D eigenvalue weighted by Gasteiger charge is 2.15. The number of hydrogen-bond acceptors (Lipinski definition) is 3. The SMILES string of the molecule is CCn1c(C(C)NCc2ccn[nH]2)nc2ccccc21. The summed E-state index contributed by atoms with van der Waals surface area (Å²) in [5.74, 6) is 1.08. The molecule has 2 heterocycles. The third-order valence-corrected chi connectivity index (χ3v) is 3.54. The maximum atomic E-state index is 4.76. The molecule has 2 aromatic heterocycles. The minimum atomic E-state index is 0.186. The first-order valence-corrected chi connectivity index (χ1v) is 6.96. The van der Waals surface area contributed by atoms with Gasteiger partial charge in [0.25, 0.3) is 0 Å². The molecule has 3 rings (SSSR count). The molecule has 3 aromatic rings. The normalized spacial score (nSPS) is 12.9. The van der Waals surface area contributed by atoms with Crippen LogP contribution in [0.5, 0.6) is 0 Å². The van der Waals surface area contributed by atoms with Gasteiger partial charge in [0.15, 0.2) is 0 Å². The van der Waals surface area contributed by atoms with Crippen molar-refractivity contribution in [3.63, 3.8) is 0 Å². The summed E-state index contributed by atoms with van der Waals surface area (Å²) in [6.07, 6.45) is 1.77. The van der Waals surface area contributed by atoms with Gasteiger partial charge in [-0.1, -0.05) is 12.1 Å². The van der Waals surface area contributed by atoms with Gasteiger partial charge in [0.05, 0.1) is 17.1 Å². The zero-order valence-corrected chi connectivity index (χ0v) is 11.8. The largest absolute Gasteiger partial charge is 0.327 e. The van der Waals surface area contributed by atoms with E-state index >= 15 is 0 Å². The number of para-hydroxylation sites is 2. The molecule has 0 fully saturated rings. The summed E-state index contributed by atoms with van der Waals surface area (Å²) in [6, 6.07) is 10.4. The van der Waals surface area contributed by atoms with E-state index in [0.29, 0.717) is 0 Å². The smallest absolute Gasteiger partial charge is 0.126 e. The van der Waals surface area contributed by atoms with Gasteiger partial charge in [0.2, 0.25) is 0 Å². The summed E-state index contributed by atoms with van der Waals surface area (Å²) in [4.78, 5) is 4.76. The molecule has 1 atom stereocenters. The Hall–Kier alpha value is -2.14. The summed E-state index contributed by atoms with van der Waals surface area (Å²) < 4.78 is 2.26. The maximum absolute atomic E-state index is 4.76. The molecule has 0 bridgehead atoms. The van der Waals surface area contributed by atoms with Crippen LogP contribution in [-0.2, 0) is 13.1 Å². The fraction of sp³-hybridized carbons (Fsp3) is 0.333. The van der Waals surface area contributed by atoms with Gasteiger partial charge in [-0.15, -0.1) is 0 Å². The molecular weight excluding hydrogens is 250 g/mol. The lowest BCUT2D eigenvalue weighted by molar-refractivity contribution is 0.517. The lowest BCUT2D eigenvalue weighted by atomic mass is 10.3. The van der Waals surface area contributed by atoms with E-state index in [4.69, 9.17) is 4.98 Å². The van der Waals surface area contributed by atoms with Crippen molar-refractivity contribution < 1.29 is 0 Å². The summed E-state index contributed by atoms with van der Waals surface area (Å²) >= 11 is 0. The Labute approximate surface area is 118 Å². The van der Waals surface area contributed by atoms with Gasteiger partial charge in [0, 0.05) is 25.0 Å². The molecule has 5 heteroatoms. The molecular formula is C15H19N5. The molecule has 0 amide bonds. The van der Waals surface area contributed by atoms with Crippen LogP contribution in [0.15, 0.2) is 36.5 Å². The standard InChI is InChI=1S/C15H19N5/c1-3-20-14-7-5-4-6-13(14)18-15(20)11(2)16-10-12-8-9-17-19-12/h4-9,11,16H,3,10H2,1-2H3,(H,17,19). The van der Waals surface area contributed by atoms with Gasteiger partial charge in [-0.3, -0.25) is 5.10 Å². The zero-order valence-electron chi connectivity index (χ0n) is 11.8. The van der Waals surface area contributed by atoms with E-state index in [-0.39, 0.29) is 6.04 Å². The Kier molecular flexibility index (Phi) is 3.52. The second-order valence-electron chi connectivity index (χ2n) is 4.89. The second kappa shape index (κ2) is 5.46. The highest BCUT2D eigenvalue weighted by molar-refractivity contribution is 5.76. The summed E-state index contributed by atoms with van der Waals surface area (Å²) in [6.45, 7) is 5.98. The highest BCUT2D eigenvalue weighted by Crippen LogP contribution is 2.20. The monoisotopic (exact) mass is 269 g/mol. The van der Waals surface area contributed by atoms with Crippen LogP contribution in [0, 0.1) is 0 Å². The molecule has 5 nitrogen and oxygen atoms in total. The van der Waals surface area contributed by atoms with E-state index in [2.05, 4.69) is 52.1 Å². The fourth-order valence-corrected chi connectivity index (χ4v) is 2.49. The summed E-state index contributed by atoms with van der Waals surface area (Å²) in [7, 11) is 0. The molecule has 0 saturated heterocycles. The molecule has 0 aliphatic heterocycles. The number of hydrogen-bond donors (Lipinski definition) is 2. The predicted molar refractivity (Wildman–Crippen MR) is 79.2 cm³/mol. The van der Waals surface area contributed by atoms with E-state index in [1.807, 2.05) is 12.1 Å². The van der Waals surface area contributed by atoms with Crippen LogP contribution in [0.1, 0.15) is 31.4 Å². The topological polar surface area (TPSA) is 58.5 Å².